The number of rotatable bonds is 5. The summed E-state index contributed by atoms with van der Waals surface area (Å²) >= 11 is 12.8. The zero-order chi connectivity index (χ0) is 15.6. The highest BCUT2D eigenvalue weighted by Crippen LogP contribution is 2.31. The molecule has 0 radical (unpaired) electrons. The first-order valence-corrected chi connectivity index (χ1v) is 7.31. The lowest BCUT2D eigenvalue weighted by Gasteiger charge is -2.07. The van der Waals surface area contributed by atoms with Crippen LogP contribution in [0.15, 0.2) is 24.3 Å². The Hall–Kier alpha value is -1.63. The van der Waals surface area contributed by atoms with Crippen molar-refractivity contribution in [2.75, 3.05) is 6.61 Å². The molecule has 21 heavy (non-hydrogen) atoms. The van der Waals surface area contributed by atoms with Crippen molar-refractivity contribution in [1.29, 1.82) is 0 Å². The summed E-state index contributed by atoms with van der Waals surface area (Å²) in [6, 6.07) is 5.65. The molecule has 0 amide bonds. The Kier molecular flexibility index (Phi) is 4.82. The van der Waals surface area contributed by atoms with Crippen molar-refractivity contribution in [2.45, 2.75) is 6.92 Å². The number of nitro benzene ring substituents is 1. The molecular formula is C13H9Cl2NO4S. The first-order valence-electron chi connectivity index (χ1n) is 5.74. The highest BCUT2D eigenvalue weighted by atomic mass is 35.5. The van der Waals surface area contributed by atoms with Crippen molar-refractivity contribution in [2.24, 2.45) is 0 Å². The number of benzene rings is 1. The van der Waals surface area contributed by atoms with Gasteiger partial charge in [0.1, 0.15) is 10.1 Å². The molecule has 0 aliphatic heterocycles. The van der Waals surface area contributed by atoms with Gasteiger partial charge in [-0.05, 0) is 24.6 Å². The average molecular weight is 346 g/mol. The van der Waals surface area contributed by atoms with E-state index in [-0.39, 0.29) is 18.1 Å². The Bertz CT molecular complexity index is 714. The predicted octanol–water partition coefficient (Wildman–Crippen LogP) is 4.53. The second-order valence-electron chi connectivity index (χ2n) is 4.16. The Morgan fingerprint density at radius 2 is 2.10 bits per heavy atom. The van der Waals surface area contributed by atoms with Crippen LogP contribution in [0.5, 0.6) is 5.75 Å². The largest absolute Gasteiger partial charge is 0.485 e. The van der Waals surface area contributed by atoms with Gasteiger partial charge >= 0.3 is 0 Å². The minimum absolute atomic E-state index is 0.0289. The van der Waals surface area contributed by atoms with Crippen LogP contribution >= 0.6 is 34.5 Å². The van der Waals surface area contributed by atoms with E-state index in [1.54, 1.807) is 6.92 Å². The number of hydrogen-bond acceptors (Lipinski definition) is 5. The lowest BCUT2D eigenvalue weighted by Crippen LogP contribution is -2.11. The molecule has 1 heterocycles. The normalized spacial score (nSPS) is 10.4. The van der Waals surface area contributed by atoms with Gasteiger partial charge in [-0.3, -0.25) is 14.9 Å². The van der Waals surface area contributed by atoms with Crippen molar-refractivity contribution in [3.8, 4) is 5.75 Å². The van der Waals surface area contributed by atoms with Crippen LogP contribution in [0.25, 0.3) is 0 Å². The summed E-state index contributed by atoms with van der Waals surface area (Å²) in [6.07, 6.45) is 0. The Balaban J connectivity index is 2.08. The number of Topliss-reactive ketones (excluding diaryl/α,β-unsaturated/α-hetero) is 1. The van der Waals surface area contributed by atoms with Gasteiger partial charge < -0.3 is 4.74 Å². The molecule has 8 heteroatoms. The van der Waals surface area contributed by atoms with Crippen molar-refractivity contribution in [1.82, 2.24) is 0 Å². The van der Waals surface area contributed by atoms with E-state index < -0.39 is 4.92 Å². The Labute approximate surface area is 134 Å². The summed E-state index contributed by atoms with van der Waals surface area (Å²) in [5.74, 6) is 0.104. The maximum absolute atomic E-state index is 12.0. The lowest BCUT2D eigenvalue weighted by molar-refractivity contribution is -0.384. The SMILES string of the molecule is Cc1cc([N+](=O)[O-])ccc1OCC(=O)c1cc(Cl)sc1Cl. The zero-order valence-corrected chi connectivity index (χ0v) is 13.1. The number of aryl methyl sites for hydroxylation is 1. The minimum atomic E-state index is -0.491. The maximum atomic E-state index is 12.0. The first-order chi connectivity index (χ1) is 9.88. The number of nitrogens with zero attached hydrogens (tertiary/aromatic N) is 1. The van der Waals surface area contributed by atoms with Crippen LogP contribution in [0.1, 0.15) is 15.9 Å². The molecule has 0 atom stereocenters. The molecule has 110 valence electrons. The van der Waals surface area contributed by atoms with Gasteiger partial charge in [0.2, 0.25) is 5.78 Å². The van der Waals surface area contributed by atoms with Crippen molar-refractivity contribution in [3.05, 3.63) is 54.2 Å². The summed E-state index contributed by atoms with van der Waals surface area (Å²) in [7, 11) is 0. The van der Waals surface area contributed by atoms with E-state index in [9.17, 15) is 14.9 Å². The minimum Gasteiger partial charge on any atom is -0.485 e. The topological polar surface area (TPSA) is 69.4 Å². The molecule has 1 aromatic carbocycles. The van der Waals surface area contributed by atoms with Gasteiger partial charge in [-0.25, -0.2) is 0 Å². The van der Waals surface area contributed by atoms with Gasteiger partial charge in [0.05, 0.1) is 14.8 Å². The van der Waals surface area contributed by atoms with Gasteiger partial charge in [0, 0.05) is 12.1 Å². The monoisotopic (exact) mass is 345 g/mol. The molecule has 0 unspecified atom stereocenters. The molecule has 0 spiro atoms. The summed E-state index contributed by atoms with van der Waals surface area (Å²) in [5.41, 5.74) is 0.858. The molecule has 0 saturated heterocycles. The second-order valence-corrected chi connectivity index (χ2v) is 6.44. The smallest absolute Gasteiger partial charge is 0.269 e. The average Bonchev–Trinajstić information content (AvgIpc) is 2.75. The molecule has 2 rings (SSSR count). The number of carbonyl (C=O) groups is 1. The number of ketones is 1. The highest BCUT2D eigenvalue weighted by Gasteiger charge is 2.16. The standard InChI is InChI=1S/C13H9Cl2NO4S/c1-7-4-8(16(18)19)2-3-11(7)20-6-10(17)9-5-12(14)21-13(9)15/h2-5H,6H2,1H3. The third-order valence-corrected chi connectivity index (χ3v) is 4.17. The van der Waals surface area contributed by atoms with E-state index in [4.69, 9.17) is 27.9 Å². The molecule has 0 bridgehead atoms. The predicted molar refractivity (Wildman–Crippen MR) is 82.0 cm³/mol. The van der Waals surface area contributed by atoms with Crippen LogP contribution in [0.2, 0.25) is 8.67 Å². The number of hydrogen-bond donors (Lipinski definition) is 0. The number of non-ortho nitro benzene ring substituents is 1. The fourth-order valence-electron chi connectivity index (χ4n) is 1.66. The zero-order valence-electron chi connectivity index (χ0n) is 10.8. The first kappa shape index (κ1) is 15.8. The second kappa shape index (κ2) is 6.43. The molecule has 0 saturated carbocycles. The number of thiophene rings is 1. The fourth-order valence-corrected chi connectivity index (χ4v) is 3.16. The maximum Gasteiger partial charge on any atom is 0.269 e. The van der Waals surface area contributed by atoms with Gasteiger partial charge in [-0.2, -0.15) is 0 Å². The summed E-state index contributed by atoms with van der Waals surface area (Å²) < 4.78 is 6.12. The molecule has 0 aliphatic carbocycles. The van der Waals surface area contributed by atoms with E-state index in [1.165, 1.54) is 24.3 Å². The number of carbonyl (C=O) groups excluding carboxylic acids is 1. The fraction of sp³-hybridized carbons (Fsp3) is 0.154. The molecule has 5 nitrogen and oxygen atoms in total. The van der Waals surface area contributed by atoms with E-state index >= 15 is 0 Å². The van der Waals surface area contributed by atoms with Gasteiger partial charge in [-0.15, -0.1) is 11.3 Å². The van der Waals surface area contributed by atoms with Gasteiger partial charge in [0.15, 0.2) is 6.61 Å². The van der Waals surface area contributed by atoms with E-state index in [2.05, 4.69) is 0 Å². The third kappa shape index (κ3) is 3.72. The quantitative estimate of drug-likeness (QED) is 0.453. The van der Waals surface area contributed by atoms with Crippen LogP contribution in [0, 0.1) is 17.0 Å². The van der Waals surface area contributed by atoms with Gasteiger partial charge in [-0.1, -0.05) is 23.2 Å². The summed E-state index contributed by atoms with van der Waals surface area (Å²) in [4.78, 5) is 22.1. The molecule has 1 aromatic heterocycles. The van der Waals surface area contributed by atoms with Crippen LogP contribution in [-0.2, 0) is 0 Å². The van der Waals surface area contributed by atoms with Crippen LogP contribution in [0.3, 0.4) is 0 Å². The van der Waals surface area contributed by atoms with Crippen molar-refractivity contribution in [3.63, 3.8) is 0 Å². The third-order valence-electron chi connectivity index (χ3n) is 2.69. The molecule has 0 fully saturated rings. The number of halogens is 2. The van der Waals surface area contributed by atoms with Crippen LogP contribution in [-0.4, -0.2) is 17.3 Å². The molecule has 0 aliphatic rings. The summed E-state index contributed by atoms with van der Waals surface area (Å²) in [6.45, 7) is 1.45. The van der Waals surface area contributed by atoms with Crippen LogP contribution < -0.4 is 4.74 Å². The summed E-state index contributed by atoms with van der Waals surface area (Å²) in [5, 5.41) is 10.6. The van der Waals surface area contributed by atoms with E-state index in [0.717, 1.165) is 11.3 Å². The Morgan fingerprint density at radius 1 is 1.38 bits per heavy atom. The molecule has 0 N–H and O–H groups in total. The molecular weight excluding hydrogens is 337 g/mol. The van der Waals surface area contributed by atoms with Crippen molar-refractivity contribution < 1.29 is 14.5 Å². The highest BCUT2D eigenvalue weighted by molar-refractivity contribution is 7.20. The number of ether oxygens (including phenoxy) is 1. The van der Waals surface area contributed by atoms with Crippen LogP contribution in [0.4, 0.5) is 5.69 Å². The Morgan fingerprint density at radius 3 is 2.62 bits per heavy atom. The number of nitro groups is 1. The van der Waals surface area contributed by atoms with Gasteiger partial charge in [0.25, 0.3) is 5.69 Å². The van der Waals surface area contributed by atoms with Crippen molar-refractivity contribution >= 4 is 46.0 Å². The van der Waals surface area contributed by atoms with E-state index in [1.807, 2.05) is 0 Å². The lowest BCUT2D eigenvalue weighted by atomic mass is 10.2. The molecule has 2 aromatic rings. The van der Waals surface area contributed by atoms with E-state index in [0.29, 0.717) is 25.5 Å².